The van der Waals surface area contributed by atoms with E-state index in [0.717, 1.165) is 30.6 Å². The van der Waals surface area contributed by atoms with Crippen molar-refractivity contribution in [2.75, 3.05) is 26.7 Å². The minimum atomic E-state index is -3.45. The van der Waals surface area contributed by atoms with E-state index in [0.29, 0.717) is 11.4 Å². The van der Waals surface area contributed by atoms with E-state index in [1.165, 1.54) is 0 Å². The number of benzene rings is 1. The minimum absolute atomic E-state index is 0.0210. The molecule has 5 heteroatoms. The van der Waals surface area contributed by atoms with Gasteiger partial charge in [-0.3, -0.25) is 0 Å². The van der Waals surface area contributed by atoms with Crippen molar-refractivity contribution >= 4 is 10.0 Å². The molecule has 0 amide bonds. The van der Waals surface area contributed by atoms with Crippen LogP contribution >= 0.6 is 0 Å². The molecule has 0 saturated carbocycles. The standard InChI is InChI=1S/C17H26N2O2S/c1-17(2,3)15-7-9-16(10-8-15)22(20,21)18-12-14-6-5-11-19(4)13-14/h6-10,18H,5,11-13H2,1-4H3. The molecule has 0 aromatic heterocycles. The Balaban J connectivity index is 2.05. The molecule has 1 aliphatic heterocycles. The zero-order valence-corrected chi connectivity index (χ0v) is 14.7. The van der Waals surface area contributed by atoms with Crippen LogP contribution in [0.15, 0.2) is 40.8 Å². The molecule has 1 aromatic carbocycles. The summed E-state index contributed by atoms with van der Waals surface area (Å²) in [5, 5.41) is 0. The largest absolute Gasteiger partial charge is 0.302 e. The molecule has 0 atom stereocenters. The fraction of sp³-hybridized carbons (Fsp3) is 0.529. The lowest BCUT2D eigenvalue weighted by molar-refractivity contribution is 0.352. The smallest absolute Gasteiger partial charge is 0.240 e. The lowest BCUT2D eigenvalue weighted by atomic mass is 9.87. The van der Waals surface area contributed by atoms with Gasteiger partial charge in [-0.2, -0.15) is 0 Å². The molecule has 22 heavy (non-hydrogen) atoms. The number of nitrogens with zero attached hydrogens (tertiary/aromatic N) is 1. The van der Waals surface area contributed by atoms with Crippen LogP contribution in [0.5, 0.6) is 0 Å². The van der Waals surface area contributed by atoms with E-state index < -0.39 is 10.0 Å². The van der Waals surface area contributed by atoms with Crippen LogP contribution in [0.2, 0.25) is 0 Å². The number of sulfonamides is 1. The SMILES string of the molecule is CN1CCC=C(CNS(=O)(=O)c2ccc(C(C)(C)C)cc2)C1. The van der Waals surface area contributed by atoms with Gasteiger partial charge in [0.2, 0.25) is 10.0 Å². The Kier molecular flexibility index (Phi) is 5.10. The zero-order chi connectivity index (χ0) is 16.4. The lowest BCUT2D eigenvalue weighted by Crippen LogP contribution is -2.32. The maximum Gasteiger partial charge on any atom is 0.240 e. The van der Waals surface area contributed by atoms with Gasteiger partial charge in [-0.15, -0.1) is 0 Å². The lowest BCUT2D eigenvalue weighted by Gasteiger charge is -2.23. The van der Waals surface area contributed by atoms with Crippen molar-refractivity contribution in [3.63, 3.8) is 0 Å². The predicted octanol–water partition coefficient (Wildman–Crippen LogP) is 2.52. The van der Waals surface area contributed by atoms with E-state index in [-0.39, 0.29) is 5.41 Å². The van der Waals surface area contributed by atoms with Gasteiger partial charge in [0.15, 0.2) is 0 Å². The van der Waals surface area contributed by atoms with E-state index in [1.54, 1.807) is 12.1 Å². The molecule has 0 unspecified atom stereocenters. The molecular weight excluding hydrogens is 296 g/mol. The van der Waals surface area contributed by atoms with Gasteiger partial charge in [-0.05, 0) is 42.2 Å². The first kappa shape index (κ1) is 17.2. The first-order valence-electron chi connectivity index (χ1n) is 7.65. The van der Waals surface area contributed by atoms with Crippen molar-refractivity contribution in [3.8, 4) is 0 Å². The fourth-order valence-electron chi connectivity index (χ4n) is 2.51. The predicted molar refractivity (Wildman–Crippen MR) is 90.5 cm³/mol. The van der Waals surface area contributed by atoms with E-state index in [4.69, 9.17) is 0 Å². The summed E-state index contributed by atoms with van der Waals surface area (Å²) in [6.45, 7) is 8.58. The maximum atomic E-state index is 12.4. The number of nitrogens with one attached hydrogen (secondary N) is 1. The molecule has 0 radical (unpaired) electrons. The number of rotatable bonds is 4. The second-order valence-electron chi connectivity index (χ2n) is 6.99. The highest BCUT2D eigenvalue weighted by Crippen LogP contribution is 2.23. The minimum Gasteiger partial charge on any atom is -0.302 e. The summed E-state index contributed by atoms with van der Waals surface area (Å²) in [6.07, 6.45) is 3.11. The first-order chi connectivity index (χ1) is 10.2. The van der Waals surface area contributed by atoms with Crippen LogP contribution < -0.4 is 4.72 Å². The summed E-state index contributed by atoms with van der Waals surface area (Å²) in [7, 11) is -1.40. The molecule has 0 fully saturated rings. The Morgan fingerprint density at radius 2 is 1.82 bits per heavy atom. The van der Waals surface area contributed by atoms with E-state index >= 15 is 0 Å². The van der Waals surface area contributed by atoms with Crippen LogP contribution in [0.4, 0.5) is 0 Å². The topological polar surface area (TPSA) is 49.4 Å². The molecule has 0 spiro atoms. The summed E-state index contributed by atoms with van der Waals surface area (Å²) in [6, 6.07) is 7.15. The van der Waals surface area contributed by atoms with Gasteiger partial charge in [0.1, 0.15) is 0 Å². The molecule has 0 saturated heterocycles. The van der Waals surface area contributed by atoms with Crippen LogP contribution in [0.25, 0.3) is 0 Å². The molecule has 1 aliphatic rings. The number of likely N-dealkylation sites (N-methyl/N-ethyl adjacent to an activating group) is 1. The fourth-order valence-corrected chi connectivity index (χ4v) is 3.55. The highest BCUT2D eigenvalue weighted by atomic mass is 32.2. The van der Waals surface area contributed by atoms with Crippen molar-refractivity contribution in [3.05, 3.63) is 41.5 Å². The molecule has 1 heterocycles. The zero-order valence-electron chi connectivity index (χ0n) is 13.9. The van der Waals surface area contributed by atoms with Crippen molar-refractivity contribution in [1.29, 1.82) is 0 Å². The van der Waals surface area contributed by atoms with E-state index in [2.05, 4.69) is 36.5 Å². The summed E-state index contributed by atoms with van der Waals surface area (Å²) in [5.74, 6) is 0. The summed E-state index contributed by atoms with van der Waals surface area (Å²) in [5.41, 5.74) is 2.28. The van der Waals surface area contributed by atoms with Crippen LogP contribution in [0.3, 0.4) is 0 Å². The highest BCUT2D eigenvalue weighted by Gasteiger charge is 2.18. The molecule has 0 bridgehead atoms. The molecule has 122 valence electrons. The summed E-state index contributed by atoms with van der Waals surface area (Å²) in [4.78, 5) is 2.52. The summed E-state index contributed by atoms with van der Waals surface area (Å²) < 4.78 is 27.4. The van der Waals surface area contributed by atoms with E-state index in [1.807, 2.05) is 19.2 Å². The van der Waals surface area contributed by atoms with Gasteiger partial charge in [-0.25, -0.2) is 13.1 Å². The summed E-state index contributed by atoms with van der Waals surface area (Å²) >= 11 is 0. The Hall–Kier alpha value is -1.17. The van der Waals surface area contributed by atoms with Crippen LogP contribution in [-0.4, -0.2) is 40.0 Å². The third-order valence-corrected chi connectivity index (χ3v) is 5.35. The van der Waals surface area contributed by atoms with Crippen molar-refractivity contribution in [1.82, 2.24) is 9.62 Å². The van der Waals surface area contributed by atoms with Crippen LogP contribution in [0.1, 0.15) is 32.8 Å². The average molecular weight is 322 g/mol. The normalized spacial score (nSPS) is 17.4. The molecular formula is C17H26N2O2S. The average Bonchev–Trinajstić information content (AvgIpc) is 2.45. The Labute approximate surface area is 134 Å². The Bertz CT molecular complexity index is 640. The number of hydrogen-bond acceptors (Lipinski definition) is 3. The second kappa shape index (κ2) is 6.52. The van der Waals surface area contributed by atoms with Gasteiger partial charge in [0.25, 0.3) is 0 Å². The third-order valence-electron chi connectivity index (χ3n) is 3.94. The van der Waals surface area contributed by atoms with Gasteiger partial charge in [-0.1, -0.05) is 39.0 Å². The number of hydrogen-bond donors (Lipinski definition) is 1. The third kappa shape index (κ3) is 4.41. The van der Waals surface area contributed by atoms with Gasteiger partial charge in [0.05, 0.1) is 4.90 Å². The van der Waals surface area contributed by atoms with E-state index in [9.17, 15) is 8.42 Å². The molecule has 2 rings (SSSR count). The quantitative estimate of drug-likeness (QED) is 0.867. The van der Waals surface area contributed by atoms with Crippen molar-refractivity contribution < 1.29 is 8.42 Å². The second-order valence-corrected chi connectivity index (χ2v) is 8.75. The van der Waals surface area contributed by atoms with Gasteiger partial charge in [0, 0.05) is 19.6 Å². The van der Waals surface area contributed by atoms with Crippen LogP contribution in [-0.2, 0) is 15.4 Å². The highest BCUT2D eigenvalue weighted by molar-refractivity contribution is 7.89. The van der Waals surface area contributed by atoms with Crippen molar-refractivity contribution in [2.24, 2.45) is 0 Å². The molecule has 0 aliphatic carbocycles. The van der Waals surface area contributed by atoms with Gasteiger partial charge >= 0.3 is 0 Å². The molecule has 1 N–H and O–H groups in total. The maximum absolute atomic E-state index is 12.4. The van der Waals surface area contributed by atoms with Gasteiger partial charge < -0.3 is 4.90 Å². The monoisotopic (exact) mass is 322 g/mol. The molecule has 4 nitrogen and oxygen atoms in total. The molecule has 1 aromatic rings. The first-order valence-corrected chi connectivity index (χ1v) is 9.13. The Morgan fingerprint density at radius 3 is 2.36 bits per heavy atom. The van der Waals surface area contributed by atoms with Crippen molar-refractivity contribution in [2.45, 2.75) is 37.5 Å². The van der Waals surface area contributed by atoms with Crippen LogP contribution in [0, 0.1) is 0 Å². The Morgan fingerprint density at radius 1 is 1.18 bits per heavy atom.